The van der Waals surface area contributed by atoms with Crippen molar-refractivity contribution in [3.63, 3.8) is 0 Å². The molecule has 38 heavy (non-hydrogen) atoms. The van der Waals surface area contributed by atoms with Crippen molar-refractivity contribution in [3.05, 3.63) is 72.4 Å². The third-order valence-electron chi connectivity index (χ3n) is 7.48. The van der Waals surface area contributed by atoms with E-state index < -0.39 is 9.84 Å². The molecule has 4 aromatic rings. The minimum Gasteiger partial charge on any atom is -0.369 e. The van der Waals surface area contributed by atoms with E-state index in [-0.39, 0.29) is 11.5 Å². The van der Waals surface area contributed by atoms with Crippen LogP contribution >= 0.6 is 0 Å². The highest BCUT2D eigenvalue weighted by molar-refractivity contribution is 7.91. The van der Waals surface area contributed by atoms with Crippen molar-refractivity contribution in [2.75, 3.05) is 68.0 Å². The summed E-state index contributed by atoms with van der Waals surface area (Å²) in [7, 11) is -0.695. The molecule has 0 aliphatic carbocycles. The van der Waals surface area contributed by atoms with E-state index in [2.05, 4.69) is 86.6 Å². The van der Waals surface area contributed by atoms with E-state index in [4.69, 9.17) is 5.10 Å². The molecule has 10 heteroatoms. The molecule has 2 aromatic carbocycles. The van der Waals surface area contributed by atoms with Gasteiger partial charge >= 0.3 is 0 Å². The van der Waals surface area contributed by atoms with Crippen molar-refractivity contribution in [1.82, 2.24) is 24.4 Å². The predicted molar refractivity (Wildman–Crippen MR) is 152 cm³/mol. The van der Waals surface area contributed by atoms with Gasteiger partial charge < -0.3 is 15.1 Å². The molecule has 2 aliphatic heterocycles. The van der Waals surface area contributed by atoms with Gasteiger partial charge in [0.1, 0.15) is 0 Å². The fourth-order valence-corrected chi connectivity index (χ4v) is 6.35. The first kappa shape index (κ1) is 24.8. The number of anilines is 3. The van der Waals surface area contributed by atoms with Gasteiger partial charge in [0.15, 0.2) is 9.84 Å². The largest absolute Gasteiger partial charge is 0.369 e. The third-order valence-corrected chi connectivity index (χ3v) is 9.09. The Labute approximate surface area is 223 Å². The average molecular weight is 532 g/mol. The molecule has 9 nitrogen and oxygen atoms in total. The van der Waals surface area contributed by atoms with Gasteiger partial charge in [0.05, 0.1) is 28.9 Å². The van der Waals surface area contributed by atoms with Crippen LogP contribution in [0.5, 0.6) is 0 Å². The maximum atomic E-state index is 11.7. The molecule has 2 aliphatic rings. The van der Waals surface area contributed by atoms with E-state index in [1.165, 1.54) is 11.3 Å². The average Bonchev–Trinajstić information content (AvgIpc) is 3.35. The number of piperazine rings is 1. The number of nitrogens with zero attached hydrogens (tertiary/aromatic N) is 6. The molecule has 6 rings (SSSR count). The molecule has 0 atom stereocenters. The molecule has 0 unspecified atom stereocenters. The molecule has 0 spiro atoms. The van der Waals surface area contributed by atoms with E-state index in [1.54, 1.807) is 0 Å². The summed E-state index contributed by atoms with van der Waals surface area (Å²) in [5.74, 6) is 1.04. The number of rotatable bonds is 6. The highest BCUT2D eigenvalue weighted by Crippen LogP contribution is 2.25. The van der Waals surface area contributed by atoms with Crippen LogP contribution in [0, 0.1) is 0 Å². The maximum Gasteiger partial charge on any atom is 0.245 e. The lowest BCUT2D eigenvalue weighted by Crippen LogP contribution is -2.44. The van der Waals surface area contributed by atoms with Gasteiger partial charge in [0.2, 0.25) is 5.95 Å². The minimum absolute atomic E-state index is 0.248. The van der Waals surface area contributed by atoms with Gasteiger partial charge in [-0.2, -0.15) is 0 Å². The fraction of sp³-hybridized carbons (Fsp3) is 0.357. The number of aromatic nitrogens is 3. The monoisotopic (exact) mass is 531 g/mol. The quantitative estimate of drug-likeness (QED) is 0.406. The fourth-order valence-electron chi connectivity index (χ4n) is 5.07. The van der Waals surface area contributed by atoms with Gasteiger partial charge in [-0.25, -0.2) is 17.9 Å². The van der Waals surface area contributed by atoms with E-state index in [0.717, 1.165) is 55.2 Å². The van der Waals surface area contributed by atoms with Gasteiger partial charge in [-0.15, -0.1) is 5.10 Å². The zero-order valence-corrected chi connectivity index (χ0v) is 22.4. The first-order valence-corrected chi connectivity index (χ1v) is 14.9. The Bertz CT molecular complexity index is 1500. The third kappa shape index (κ3) is 5.52. The Balaban J connectivity index is 1.14. The molecule has 0 radical (unpaired) electrons. The van der Waals surface area contributed by atoms with Crippen LogP contribution in [0.4, 0.5) is 17.3 Å². The van der Waals surface area contributed by atoms with E-state index in [9.17, 15) is 8.42 Å². The van der Waals surface area contributed by atoms with E-state index in [1.807, 2.05) is 16.8 Å². The maximum absolute atomic E-state index is 11.7. The van der Waals surface area contributed by atoms with E-state index >= 15 is 0 Å². The van der Waals surface area contributed by atoms with Crippen LogP contribution in [0.25, 0.3) is 16.8 Å². The number of fused-ring (bicyclic) bond motifs is 1. The van der Waals surface area contributed by atoms with Crippen molar-refractivity contribution in [1.29, 1.82) is 0 Å². The summed E-state index contributed by atoms with van der Waals surface area (Å²) in [5, 5.41) is 8.11. The molecule has 0 amide bonds. The van der Waals surface area contributed by atoms with Crippen LogP contribution in [0.3, 0.4) is 0 Å². The zero-order chi connectivity index (χ0) is 26.1. The lowest BCUT2D eigenvalue weighted by molar-refractivity contribution is 0.287. The smallest absolute Gasteiger partial charge is 0.245 e. The molecule has 2 saturated heterocycles. The number of sulfone groups is 1. The topological polar surface area (TPSA) is 86.1 Å². The van der Waals surface area contributed by atoms with Crippen LogP contribution in [-0.4, -0.2) is 90.6 Å². The molecule has 198 valence electrons. The summed E-state index contributed by atoms with van der Waals surface area (Å²) in [6.45, 7) is 6.21. The Morgan fingerprint density at radius 3 is 2.26 bits per heavy atom. The number of nitrogens with one attached hydrogen (secondary N) is 1. The molecule has 4 heterocycles. The normalized spacial score (nSPS) is 18.6. The van der Waals surface area contributed by atoms with Crippen molar-refractivity contribution < 1.29 is 8.42 Å². The van der Waals surface area contributed by atoms with Crippen LogP contribution < -0.4 is 10.2 Å². The van der Waals surface area contributed by atoms with Gasteiger partial charge in [0.25, 0.3) is 0 Å². The minimum atomic E-state index is -2.86. The SMILES string of the molecule is CN1CCN(c2ccc(Nc3ncc4ccc(-c5ccc(CN6CCS(=O)(=O)CC6)cc5)n4n3)cc2)CC1. The Morgan fingerprint density at radius 1 is 0.842 bits per heavy atom. The number of hydrogen-bond acceptors (Lipinski definition) is 8. The van der Waals surface area contributed by atoms with Gasteiger partial charge in [-0.1, -0.05) is 24.3 Å². The summed E-state index contributed by atoms with van der Waals surface area (Å²) >= 11 is 0. The number of likely N-dealkylation sites (N-methyl/N-ethyl adjacent to an activating group) is 1. The lowest BCUT2D eigenvalue weighted by Gasteiger charge is -2.34. The molecular formula is C28H33N7O2S. The van der Waals surface area contributed by atoms with Crippen molar-refractivity contribution in [2.45, 2.75) is 6.54 Å². The standard InChI is InChI=1S/C28H33N7O2S/c1-32-12-14-34(15-13-32)25-8-6-24(7-9-25)30-28-29-20-26-10-11-27(35(26)31-28)23-4-2-22(3-5-23)21-33-16-18-38(36,37)19-17-33/h2-11,20H,12-19,21H2,1H3,(H,30,31). The van der Waals surface area contributed by atoms with Crippen LogP contribution in [0.1, 0.15) is 5.56 Å². The number of hydrogen-bond donors (Lipinski definition) is 1. The highest BCUT2D eigenvalue weighted by Gasteiger charge is 2.21. The van der Waals surface area contributed by atoms with Crippen LogP contribution in [-0.2, 0) is 16.4 Å². The Hall–Kier alpha value is -3.47. The lowest BCUT2D eigenvalue weighted by atomic mass is 10.1. The van der Waals surface area contributed by atoms with Gasteiger partial charge in [0, 0.05) is 62.8 Å². The highest BCUT2D eigenvalue weighted by atomic mass is 32.2. The predicted octanol–water partition coefficient (Wildman–Crippen LogP) is 3.12. The van der Waals surface area contributed by atoms with Crippen molar-refractivity contribution in [2.24, 2.45) is 0 Å². The van der Waals surface area contributed by atoms with Crippen molar-refractivity contribution >= 4 is 32.7 Å². The van der Waals surface area contributed by atoms with Crippen LogP contribution in [0.2, 0.25) is 0 Å². The molecule has 0 bridgehead atoms. The Morgan fingerprint density at radius 2 is 1.55 bits per heavy atom. The first-order valence-electron chi connectivity index (χ1n) is 13.1. The summed E-state index contributed by atoms with van der Waals surface area (Å²) < 4.78 is 25.3. The van der Waals surface area contributed by atoms with Crippen LogP contribution in [0.15, 0.2) is 66.9 Å². The van der Waals surface area contributed by atoms with Crippen molar-refractivity contribution in [3.8, 4) is 11.3 Å². The summed E-state index contributed by atoms with van der Waals surface area (Å²) in [5.41, 5.74) is 6.34. The number of benzene rings is 2. The van der Waals surface area contributed by atoms with Gasteiger partial charge in [-0.05, 0) is 49.0 Å². The van der Waals surface area contributed by atoms with E-state index in [0.29, 0.717) is 19.0 Å². The molecular weight excluding hydrogens is 498 g/mol. The molecule has 0 saturated carbocycles. The zero-order valence-electron chi connectivity index (χ0n) is 21.6. The second-order valence-corrected chi connectivity index (χ2v) is 12.5. The second kappa shape index (κ2) is 10.4. The first-order chi connectivity index (χ1) is 18.4. The molecule has 2 aromatic heterocycles. The van der Waals surface area contributed by atoms with Gasteiger partial charge in [-0.3, -0.25) is 4.90 Å². The molecule has 1 N–H and O–H groups in total. The second-order valence-electron chi connectivity index (χ2n) is 10.2. The summed E-state index contributed by atoms with van der Waals surface area (Å²) in [6.07, 6.45) is 1.83. The summed E-state index contributed by atoms with van der Waals surface area (Å²) in [4.78, 5) is 11.5. The Kier molecular flexibility index (Phi) is 6.77. The molecule has 2 fully saturated rings. The summed E-state index contributed by atoms with van der Waals surface area (Å²) in [6, 6.07) is 21.0.